The maximum absolute atomic E-state index is 14.5. The zero-order valence-electron chi connectivity index (χ0n) is 14.8. The van der Waals surface area contributed by atoms with E-state index >= 15 is 0 Å². The molecule has 1 aliphatic heterocycles. The van der Waals surface area contributed by atoms with Gasteiger partial charge in [-0.2, -0.15) is 4.39 Å². The van der Waals surface area contributed by atoms with Gasteiger partial charge in [-0.15, -0.1) is 0 Å². The highest BCUT2D eigenvalue weighted by Crippen LogP contribution is 2.33. The number of halogens is 2. The van der Waals surface area contributed by atoms with Gasteiger partial charge in [-0.25, -0.2) is 4.39 Å². The maximum atomic E-state index is 14.5. The van der Waals surface area contributed by atoms with E-state index in [9.17, 15) is 18.9 Å². The van der Waals surface area contributed by atoms with Gasteiger partial charge in [0, 0.05) is 37.8 Å². The van der Waals surface area contributed by atoms with Gasteiger partial charge in [-0.1, -0.05) is 30.3 Å². The number of piperazine rings is 1. The van der Waals surface area contributed by atoms with Gasteiger partial charge >= 0.3 is 5.69 Å². The molecule has 26 heavy (non-hydrogen) atoms. The molecule has 1 aliphatic rings. The summed E-state index contributed by atoms with van der Waals surface area (Å²) in [4.78, 5) is 14.0. The van der Waals surface area contributed by atoms with Crippen LogP contribution in [0.4, 0.5) is 20.2 Å². The molecule has 1 fully saturated rings. The van der Waals surface area contributed by atoms with E-state index < -0.39 is 22.2 Å². The van der Waals surface area contributed by atoms with E-state index in [1.807, 2.05) is 25.1 Å². The molecule has 0 aromatic heterocycles. The molecule has 0 amide bonds. The van der Waals surface area contributed by atoms with Gasteiger partial charge < -0.3 is 4.90 Å². The zero-order valence-corrected chi connectivity index (χ0v) is 14.8. The molecule has 2 aromatic carbocycles. The molecular weight excluding hydrogens is 340 g/mol. The Morgan fingerprint density at radius 3 is 2.54 bits per heavy atom. The van der Waals surface area contributed by atoms with E-state index in [0.29, 0.717) is 25.7 Å². The zero-order chi connectivity index (χ0) is 18.8. The Morgan fingerprint density at radius 1 is 1.23 bits per heavy atom. The summed E-state index contributed by atoms with van der Waals surface area (Å²) in [7, 11) is 0. The number of anilines is 1. The molecule has 0 radical (unpaired) electrons. The maximum Gasteiger partial charge on any atom is 0.308 e. The van der Waals surface area contributed by atoms with Crippen LogP contribution in [0.5, 0.6) is 0 Å². The highest BCUT2D eigenvalue weighted by atomic mass is 19.1. The summed E-state index contributed by atoms with van der Waals surface area (Å²) in [5, 5.41) is 10.9. The van der Waals surface area contributed by atoms with Crippen LogP contribution < -0.4 is 4.90 Å². The minimum absolute atomic E-state index is 0.0135. The van der Waals surface area contributed by atoms with Crippen LogP contribution in [0.3, 0.4) is 0 Å². The number of hydrogen-bond donors (Lipinski definition) is 0. The Labute approximate surface area is 151 Å². The van der Waals surface area contributed by atoms with Crippen molar-refractivity contribution in [3.05, 3.63) is 69.3 Å². The number of nitro benzene ring substituents is 1. The second-order valence-electron chi connectivity index (χ2n) is 6.67. The summed E-state index contributed by atoms with van der Waals surface area (Å²) in [5.74, 6) is -1.72. The minimum atomic E-state index is -0.967. The molecule has 1 atom stereocenters. The van der Waals surface area contributed by atoms with Crippen LogP contribution >= 0.6 is 0 Å². The number of benzene rings is 2. The first-order chi connectivity index (χ1) is 12.4. The first kappa shape index (κ1) is 18.3. The molecule has 1 saturated heterocycles. The molecule has 0 aliphatic carbocycles. The molecule has 0 bridgehead atoms. The average Bonchev–Trinajstić information content (AvgIpc) is 2.61. The fourth-order valence-corrected chi connectivity index (χ4v) is 3.50. The van der Waals surface area contributed by atoms with Crippen LogP contribution in [0.1, 0.15) is 18.1 Å². The van der Waals surface area contributed by atoms with Crippen molar-refractivity contribution >= 4 is 11.4 Å². The Morgan fingerprint density at radius 2 is 1.92 bits per heavy atom. The van der Waals surface area contributed by atoms with E-state index in [1.165, 1.54) is 12.5 Å². The lowest BCUT2D eigenvalue weighted by Crippen LogP contribution is -2.51. The number of nitro groups is 1. The van der Waals surface area contributed by atoms with E-state index in [0.717, 1.165) is 6.54 Å². The Kier molecular flexibility index (Phi) is 5.18. The lowest BCUT2D eigenvalue weighted by atomic mass is 10.1. The van der Waals surface area contributed by atoms with Gasteiger partial charge in [0.1, 0.15) is 0 Å². The van der Waals surface area contributed by atoms with Crippen LogP contribution in [-0.4, -0.2) is 35.5 Å². The molecule has 3 rings (SSSR count). The molecule has 138 valence electrons. The van der Waals surface area contributed by atoms with Crippen molar-refractivity contribution in [3.8, 4) is 0 Å². The van der Waals surface area contributed by atoms with Gasteiger partial charge in [0.05, 0.1) is 16.7 Å². The van der Waals surface area contributed by atoms with Crippen molar-refractivity contribution in [2.75, 3.05) is 24.5 Å². The predicted octanol–water partition coefficient (Wildman–Crippen LogP) is 3.89. The van der Waals surface area contributed by atoms with E-state index in [-0.39, 0.29) is 17.3 Å². The minimum Gasteiger partial charge on any atom is -0.366 e. The number of rotatable bonds is 4. The SMILES string of the molecule is Cc1c(F)c([N+](=O)[O-])cc(F)c1N1CCN(Cc2ccccc2)C(C)C1. The summed E-state index contributed by atoms with van der Waals surface area (Å²) in [6, 6.07) is 10.9. The number of hydrogen-bond acceptors (Lipinski definition) is 4. The first-order valence-corrected chi connectivity index (χ1v) is 8.54. The lowest BCUT2D eigenvalue weighted by Gasteiger charge is -2.41. The Bertz CT molecular complexity index is 814. The van der Waals surface area contributed by atoms with Gasteiger partial charge in [0.25, 0.3) is 0 Å². The van der Waals surface area contributed by atoms with Crippen molar-refractivity contribution in [2.45, 2.75) is 26.4 Å². The molecular formula is C19H21F2N3O2. The van der Waals surface area contributed by atoms with E-state index in [4.69, 9.17) is 0 Å². The summed E-state index contributed by atoms with van der Waals surface area (Å²) < 4.78 is 28.7. The van der Waals surface area contributed by atoms with Crippen LogP contribution in [0.15, 0.2) is 36.4 Å². The molecule has 2 aromatic rings. The number of nitrogens with zero attached hydrogens (tertiary/aromatic N) is 3. The third kappa shape index (κ3) is 3.53. The van der Waals surface area contributed by atoms with Crippen LogP contribution in [0, 0.1) is 28.7 Å². The summed E-state index contributed by atoms with van der Waals surface area (Å²) in [5.41, 5.74) is 0.496. The Hall–Kier alpha value is -2.54. The highest BCUT2D eigenvalue weighted by molar-refractivity contribution is 5.60. The quantitative estimate of drug-likeness (QED) is 0.612. The largest absolute Gasteiger partial charge is 0.366 e. The summed E-state index contributed by atoms with van der Waals surface area (Å²) >= 11 is 0. The average molecular weight is 361 g/mol. The van der Waals surface area contributed by atoms with Crippen LogP contribution in [-0.2, 0) is 6.54 Å². The fraction of sp³-hybridized carbons (Fsp3) is 0.368. The molecule has 0 spiro atoms. The van der Waals surface area contributed by atoms with Crippen LogP contribution in [0.25, 0.3) is 0 Å². The fourth-order valence-electron chi connectivity index (χ4n) is 3.50. The second kappa shape index (κ2) is 7.37. The van der Waals surface area contributed by atoms with Crippen molar-refractivity contribution < 1.29 is 13.7 Å². The smallest absolute Gasteiger partial charge is 0.308 e. The normalized spacial score (nSPS) is 18.2. The van der Waals surface area contributed by atoms with Crippen molar-refractivity contribution in [1.82, 2.24) is 4.90 Å². The molecule has 1 heterocycles. The van der Waals surface area contributed by atoms with Gasteiger partial charge in [-0.05, 0) is 19.4 Å². The molecule has 7 heteroatoms. The lowest BCUT2D eigenvalue weighted by molar-refractivity contribution is -0.387. The third-order valence-corrected chi connectivity index (χ3v) is 4.91. The second-order valence-corrected chi connectivity index (χ2v) is 6.67. The summed E-state index contributed by atoms with van der Waals surface area (Å²) in [6.07, 6.45) is 0. The van der Waals surface area contributed by atoms with E-state index in [2.05, 4.69) is 17.0 Å². The van der Waals surface area contributed by atoms with Crippen LogP contribution in [0.2, 0.25) is 0 Å². The van der Waals surface area contributed by atoms with Gasteiger partial charge in [0.15, 0.2) is 5.82 Å². The molecule has 1 unspecified atom stereocenters. The standard InChI is InChI=1S/C19H21F2N3O2/c1-13-11-23(9-8-22(13)12-15-6-4-3-5-7-15)19-14(2)18(21)17(24(25)26)10-16(19)20/h3-7,10,13H,8-9,11-12H2,1-2H3. The van der Waals surface area contributed by atoms with Crippen molar-refractivity contribution in [1.29, 1.82) is 0 Å². The first-order valence-electron chi connectivity index (χ1n) is 8.54. The Balaban J connectivity index is 1.79. The highest BCUT2D eigenvalue weighted by Gasteiger charge is 2.30. The topological polar surface area (TPSA) is 49.6 Å². The van der Waals surface area contributed by atoms with Crippen molar-refractivity contribution in [3.63, 3.8) is 0 Å². The molecule has 0 N–H and O–H groups in total. The van der Waals surface area contributed by atoms with Crippen molar-refractivity contribution in [2.24, 2.45) is 0 Å². The van der Waals surface area contributed by atoms with Gasteiger partial charge in [0.2, 0.25) is 5.82 Å². The summed E-state index contributed by atoms with van der Waals surface area (Å²) in [6.45, 7) is 6.00. The molecule has 0 saturated carbocycles. The third-order valence-electron chi connectivity index (χ3n) is 4.91. The predicted molar refractivity (Wildman–Crippen MR) is 96.3 cm³/mol. The van der Waals surface area contributed by atoms with E-state index in [1.54, 1.807) is 4.90 Å². The molecule has 5 nitrogen and oxygen atoms in total. The van der Waals surface area contributed by atoms with Gasteiger partial charge in [-0.3, -0.25) is 15.0 Å². The monoisotopic (exact) mass is 361 g/mol.